The molecule has 38 heavy (non-hydrogen) atoms. The van der Waals surface area contributed by atoms with Crippen LogP contribution in [-0.2, 0) is 11.2 Å². The van der Waals surface area contributed by atoms with Crippen molar-refractivity contribution >= 4 is 11.8 Å². The number of hydrogen-bond acceptors (Lipinski definition) is 7. The van der Waals surface area contributed by atoms with Crippen LogP contribution in [0.4, 0.5) is 0 Å². The van der Waals surface area contributed by atoms with E-state index in [1.54, 1.807) is 48.6 Å². The minimum atomic E-state index is -0.416. The Morgan fingerprint density at radius 2 is 1.92 bits per heavy atom. The molecule has 3 aromatic rings. The summed E-state index contributed by atoms with van der Waals surface area (Å²) in [7, 11) is 3.36. The zero-order valence-corrected chi connectivity index (χ0v) is 22.2. The quantitative estimate of drug-likeness (QED) is 0.489. The Morgan fingerprint density at radius 1 is 1.21 bits per heavy atom. The van der Waals surface area contributed by atoms with Gasteiger partial charge in [0.15, 0.2) is 0 Å². The summed E-state index contributed by atoms with van der Waals surface area (Å²) in [5, 5.41) is 9.90. The van der Waals surface area contributed by atoms with E-state index in [0.717, 1.165) is 22.4 Å². The molecule has 0 bridgehead atoms. The molecule has 200 valence electrons. The molecule has 3 atom stereocenters. The molecule has 9 heteroatoms. The molecule has 0 unspecified atom stereocenters. The highest BCUT2D eigenvalue weighted by Crippen LogP contribution is 2.31. The number of ether oxygens (including phenoxy) is 2. The molecule has 0 saturated carbocycles. The standard InChI is InChI=1S/C29H34N4O5/c1-19-16-33(20(2)18-34)29(36)25-14-23(22-5-7-24(37-4)8-6-22)15-31-28(25)38-26(19)17-32(3)27(35)13-21-9-11-30-12-10-21/h5-12,14-15,19-20,26,34H,13,16-18H2,1-4H3/t19-,20-,26+/m0/s1. The number of rotatable bonds is 8. The van der Waals surface area contributed by atoms with Gasteiger partial charge in [0, 0.05) is 43.7 Å². The van der Waals surface area contributed by atoms with Gasteiger partial charge >= 0.3 is 0 Å². The van der Waals surface area contributed by atoms with Gasteiger partial charge in [-0.15, -0.1) is 0 Å². The summed E-state index contributed by atoms with van der Waals surface area (Å²) in [5.74, 6) is 0.523. The van der Waals surface area contributed by atoms with E-state index in [0.29, 0.717) is 18.7 Å². The van der Waals surface area contributed by atoms with Crippen molar-refractivity contribution < 1.29 is 24.2 Å². The number of aliphatic hydroxyl groups is 1. The van der Waals surface area contributed by atoms with Gasteiger partial charge in [0.2, 0.25) is 11.8 Å². The van der Waals surface area contributed by atoms with E-state index < -0.39 is 12.1 Å². The van der Waals surface area contributed by atoms with Crippen LogP contribution in [0.2, 0.25) is 0 Å². The number of likely N-dealkylation sites (N-methyl/N-ethyl adjacent to an activating group) is 1. The van der Waals surface area contributed by atoms with Gasteiger partial charge in [-0.25, -0.2) is 4.98 Å². The molecule has 3 heterocycles. The van der Waals surface area contributed by atoms with Crippen LogP contribution in [0.25, 0.3) is 11.1 Å². The summed E-state index contributed by atoms with van der Waals surface area (Å²) in [6.07, 6.45) is 4.85. The van der Waals surface area contributed by atoms with Crippen molar-refractivity contribution in [1.82, 2.24) is 19.8 Å². The lowest BCUT2D eigenvalue weighted by atomic mass is 9.99. The molecular weight excluding hydrogens is 484 g/mol. The van der Waals surface area contributed by atoms with Crippen LogP contribution in [-0.4, -0.2) is 82.7 Å². The van der Waals surface area contributed by atoms with Crippen LogP contribution in [0.1, 0.15) is 29.8 Å². The fourth-order valence-electron chi connectivity index (χ4n) is 4.44. The summed E-state index contributed by atoms with van der Waals surface area (Å²) in [4.78, 5) is 38.5. The number of methoxy groups -OCH3 is 1. The van der Waals surface area contributed by atoms with Crippen LogP contribution in [0.15, 0.2) is 61.1 Å². The molecule has 2 amide bonds. The molecule has 1 aromatic carbocycles. The monoisotopic (exact) mass is 518 g/mol. The molecule has 1 N–H and O–H groups in total. The summed E-state index contributed by atoms with van der Waals surface area (Å²) in [6.45, 7) is 4.31. The van der Waals surface area contributed by atoms with Gasteiger partial charge in [-0.3, -0.25) is 14.6 Å². The first-order valence-electron chi connectivity index (χ1n) is 12.7. The van der Waals surface area contributed by atoms with E-state index in [-0.39, 0.29) is 36.6 Å². The van der Waals surface area contributed by atoms with Gasteiger partial charge in [-0.1, -0.05) is 19.1 Å². The van der Waals surface area contributed by atoms with Gasteiger partial charge in [-0.2, -0.15) is 0 Å². The Balaban J connectivity index is 1.63. The third kappa shape index (κ3) is 6.11. The lowest BCUT2D eigenvalue weighted by Gasteiger charge is -2.37. The fourth-order valence-corrected chi connectivity index (χ4v) is 4.44. The molecule has 4 rings (SSSR count). The largest absolute Gasteiger partial charge is 0.497 e. The average molecular weight is 519 g/mol. The molecule has 0 aliphatic carbocycles. The Kier molecular flexibility index (Phi) is 8.58. The highest BCUT2D eigenvalue weighted by Gasteiger charge is 2.34. The van der Waals surface area contributed by atoms with Crippen LogP contribution in [0.3, 0.4) is 0 Å². The average Bonchev–Trinajstić information content (AvgIpc) is 2.94. The van der Waals surface area contributed by atoms with E-state index in [1.807, 2.05) is 50.2 Å². The number of benzene rings is 1. The van der Waals surface area contributed by atoms with E-state index >= 15 is 0 Å². The maximum absolute atomic E-state index is 13.7. The zero-order chi connectivity index (χ0) is 27.2. The predicted octanol–water partition coefficient (Wildman–Crippen LogP) is 3.07. The molecule has 1 aliphatic heterocycles. The summed E-state index contributed by atoms with van der Waals surface area (Å²) in [5.41, 5.74) is 2.84. The second kappa shape index (κ2) is 12.0. The number of hydrogen-bond donors (Lipinski definition) is 1. The van der Waals surface area contributed by atoms with Gasteiger partial charge in [-0.05, 0) is 48.4 Å². The number of carbonyl (C=O) groups excluding carboxylic acids is 2. The van der Waals surface area contributed by atoms with E-state index in [4.69, 9.17) is 9.47 Å². The second-order valence-electron chi connectivity index (χ2n) is 9.73. The number of pyridine rings is 2. The molecular formula is C29H34N4O5. The van der Waals surface area contributed by atoms with Crippen molar-refractivity contribution in [2.75, 3.05) is 33.9 Å². The maximum Gasteiger partial charge on any atom is 0.259 e. The molecule has 0 saturated heterocycles. The molecule has 2 aromatic heterocycles. The molecule has 0 fully saturated rings. The molecule has 0 spiro atoms. The van der Waals surface area contributed by atoms with Crippen LogP contribution in [0, 0.1) is 5.92 Å². The van der Waals surface area contributed by atoms with Crippen LogP contribution in [0.5, 0.6) is 11.6 Å². The van der Waals surface area contributed by atoms with Crippen molar-refractivity contribution in [1.29, 1.82) is 0 Å². The van der Waals surface area contributed by atoms with E-state index in [9.17, 15) is 14.7 Å². The third-order valence-electron chi connectivity index (χ3n) is 6.93. The SMILES string of the molecule is COc1ccc(-c2cnc3c(c2)C(=O)N([C@@H](C)CO)C[C@H](C)[C@@H](CN(C)C(=O)Cc2ccncc2)O3)cc1. The Hall–Kier alpha value is -3.98. The van der Waals surface area contributed by atoms with Gasteiger partial charge in [0.25, 0.3) is 5.91 Å². The Morgan fingerprint density at radius 3 is 2.58 bits per heavy atom. The lowest BCUT2D eigenvalue weighted by molar-refractivity contribution is -0.130. The highest BCUT2D eigenvalue weighted by molar-refractivity contribution is 5.98. The summed E-state index contributed by atoms with van der Waals surface area (Å²) in [6, 6.07) is 12.5. The smallest absolute Gasteiger partial charge is 0.259 e. The van der Waals surface area contributed by atoms with Crippen molar-refractivity contribution in [3.05, 3.63) is 72.2 Å². The minimum absolute atomic E-state index is 0.0474. The van der Waals surface area contributed by atoms with Gasteiger partial charge in [0.05, 0.1) is 32.7 Å². The first-order chi connectivity index (χ1) is 18.3. The number of nitrogens with zero attached hydrogens (tertiary/aromatic N) is 4. The third-order valence-corrected chi connectivity index (χ3v) is 6.93. The number of aromatic nitrogens is 2. The fraction of sp³-hybridized carbons (Fsp3) is 0.379. The topological polar surface area (TPSA) is 105 Å². The van der Waals surface area contributed by atoms with Crippen LogP contribution < -0.4 is 9.47 Å². The van der Waals surface area contributed by atoms with Crippen molar-refractivity contribution in [3.8, 4) is 22.8 Å². The first kappa shape index (κ1) is 27.1. The minimum Gasteiger partial charge on any atom is -0.497 e. The summed E-state index contributed by atoms with van der Waals surface area (Å²) >= 11 is 0. The van der Waals surface area contributed by atoms with Crippen molar-refractivity contribution in [3.63, 3.8) is 0 Å². The van der Waals surface area contributed by atoms with Crippen molar-refractivity contribution in [2.45, 2.75) is 32.4 Å². The number of amides is 2. The van der Waals surface area contributed by atoms with E-state index in [1.165, 1.54) is 0 Å². The summed E-state index contributed by atoms with van der Waals surface area (Å²) < 4.78 is 11.6. The van der Waals surface area contributed by atoms with Gasteiger partial charge < -0.3 is 24.4 Å². The Bertz CT molecular complexity index is 1250. The Labute approximate surface area is 223 Å². The predicted molar refractivity (Wildman–Crippen MR) is 143 cm³/mol. The first-order valence-corrected chi connectivity index (χ1v) is 12.7. The number of fused-ring (bicyclic) bond motifs is 1. The lowest BCUT2D eigenvalue weighted by Crippen LogP contribution is -2.50. The second-order valence-corrected chi connectivity index (χ2v) is 9.73. The molecule has 1 aliphatic rings. The number of carbonyl (C=O) groups is 2. The highest BCUT2D eigenvalue weighted by atomic mass is 16.5. The maximum atomic E-state index is 13.7. The van der Waals surface area contributed by atoms with Crippen LogP contribution >= 0.6 is 0 Å². The van der Waals surface area contributed by atoms with Crippen molar-refractivity contribution in [2.24, 2.45) is 5.92 Å². The van der Waals surface area contributed by atoms with E-state index in [2.05, 4.69) is 9.97 Å². The van der Waals surface area contributed by atoms with Gasteiger partial charge in [0.1, 0.15) is 17.4 Å². The molecule has 0 radical (unpaired) electrons. The normalized spacial score (nSPS) is 18.0. The molecule has 9 nitrogen and oxygen atoms in total. The number of aliphatic hydroxyl groups excluding tert-OH is 1. The zero-order valence-electron chi connectivity index (χ0n) is 22.2.